The van der Waals surface area contributed by atoms with Crippen molar-refractivity contribution in [2.24, 2.45) is 0 Å². The summed E-state index contributed by atoms with van der Waals surface area (Å²) in [6, 6.07) is 2.12. The van der Waals surface area contributed by atoms with Gasteiger partial charge in [0.15, 0.2) is 0 Å². The van der Waals surface area contributed by atoms with Crippen LogP contribution in [-0.4, -0.2) is 21.0 Å². The first-order valence-electron chi connectivity index (χ1n) is 5.27. The van der Waals surface area contributed by atoms with Crippen molar-refractivity contribution in [3.8, 4) is 0 Å². The van der Waals surface area contributed by atoms with Gasteiger partial charge in [-0.2, -0.15) is 0 Å². The lowest BCUT2D eigenvalue weighted by molar-refractivity contribution is 0.210. The highest BCUT2D eigenvalue weighted by molar-refractivity contribution is 9.10. The highest BCUT2D eigenvalue weighted by Crippen LogP contribution is 2.25. The zero-order chi connectivity index (χ0) is 11.0. The van der Waals surface area contributed by atoms with Crippen molar-refractivity contribution in [2.45, 2.75) is 19.6 Å². The lowest BCUT2D eigenvalue weighted by Crippen LogP contribution is -2.32. The number of thiophene rings is 1. The van der Waals surface area contributed by atoms with E-state index in [0.717, 1.165) is 26.2 Å². The smallest absolute Gasteiger partial charge is 0.122 e. The van der Waals surface area contributed by atoms with Crippen LogP contribution in [-0.2, 0) is 19.6 Å². The summed E-state index contributed by atoms with van der Waals surface area (Å²) in [5, 5.41) is 2.13. The first-order chi connectivity index (χ1) is 7.83. The van der Waals surface area contributed by atoms with Gasteiger partial charge in [-0.05, 0) is 27.4 Å². The standard InChI is InChI=1S/C11H12BrN3S/c12-9-1-6-16-10(9)7-14-4-5-15-3-2-13-11(15)8-14/h1-3,6H,4-5,7-8H2. The Hall–Kier alpha value is -0.650. The summed E-state index contributed by atoms with van der Waals surface area (Å²) >= 11 is 5.39. The first-order valence-corrected chi connectivity index (χ1v) is 6.94. The molecule has 0 saturated carbocycles. The van der Waals surface area contributed by atoms with E-state index in [-0.39, 0.29) is 0 Å². The molecule has 84 valence electrons. The van der Waals surface area contributed by atoms with Gasteiger partial charge in [-0.3, -0.25) is 4.90 Å². The summed E-state index contributed by atoms with van der Waals surface area (Å²) in [7, 11) is 0. The van der Waals surface area contributed by atoms with Crippen LogP contribution in [0.15, 0.2) is 28.3 Å². The summed E-state index contributed by atoms with van der Waals surface area (Å²) in [5.41, 5.74) is 0. The predicted octanol–water partition coefficient (Wildman–Crippen LogP) is 2.72. The Morgan fingerprint density at radius 3 is 3.19 bits per heavy atom. The average molecular weight is 298 g/mol. The Morgan fingerprint density at radius 1 is 1.44 bits per heavy atom. The summed E-state index contributed by atoms with van der Waals surface area (Å²) < 4.78 is 3.46. The Morgan fingerprint density at radius 2 is 2.38 bits per heavy atom. The minimum absolute atomic E-state index is 0.956. The second kappa shape index (κ2) is 4.31. The molecule has 5 heteroatoms. The zero-order valence-electron chi connectivity index (χ0n) is 8.77. The quantitative estimate of drug-likeness (QED) is 0.850. The first kappa shape index (κ1) is 10.5. The molecule has 0 aliphatic carbocycles. The van der Waals surface area contributed by atoms with E-state index in [9.17, 15) is 0 Å². The van der Waals surface area contributed by atoms with Crippen LogP contribution in [0.4, 0.5) is 0 Å². The van der Waals surface area contributed by atoms with Crippen molar-refractivity contribution in [3.05, 3.63) is 39.0 Å². The van der Waals surface area contributed by atoms with E-state index in [0.29, 0.717) is 0 Å². The molecular formula is C11H12BrN3S. The van der Waals surface area contributed by atoms with Crippen LogP contribution in [0.25, 0.3) is 0 Å². The van der Waals surface area contributed by atoms with E-state index in [1.165, 1.54) is 15.2 Å². The minimum atomic E-state index is 0.956. The van der Waals surface area contributed by atoms with Crippen LogP contribution < -0.4 is 0 Å². The lowest BCUT2D eigenvalue weighted by atomic mass is 10.3. The molecular weight excluding hydrogens is 286 g/mol. The molecule has 0 bridgehead atoms. The summed E-state index contributed by atoms with van der Waals surface area (Å²) in [5.74, 6) is 1.18. The molecule has 3 heterocycles. The molecule has 2 aromatic rings. The number of aromatic nitrogens is 2. The lowest BCUT2D eigenvalue weighted by Gasteiger charge is -2.27. The molecule has 2 aromatic heterocycles. The van der Waals surface area contributed by atoms with Gasteiger partial charge < -0.3 is 4.57 Å². The molecule has 0 atom stereocenters. The number of hydrogen-bond acceptors (Lipinski definition) is 3. The fourth-order valence-electron chi connectivity index (χ4n) is 2.00. The fourth-order valence-corrected chi connectivity index (χ4v) is 3.52. The monoisotopic (exact) mass is 297 g/mol. The van der Waals surface area contributed by atoms with Gasteiger partial charge in [0, 0.05) is 41.4 Å². The summed E-state index contributed by atoms with van der Waals surface area (Å²) in [6.45, 7) is 4.13. The number of imidazole rings is 1. The Kier molecular flexibility index (Phi) is 2.83. The van der Waals surface area contributed by atoms with Crippen LogP contribution in [0, 0.1) is 0 Å². The predicted molar refractivity (Wildman–Crippen MR) is 68.4 cm³/mol. The normalized spacial score (nSPS) is 16.3. The van der Waals surface area contributed by atoms with Crippen molar-refractivity contribution in [1.82, 2.24) is 14.5 Å². The van der Waals surface area contributed by atoms with Gasteiger partial charge in [-0.1, -0.05) is 0 Å². The molecule has 3 nitrogen and oxygen atoms in total. The fraction of sp³-hybridized carbons (Fsp3) is 0.364. The molecule has 0 aromatic carbocycles. The maximum Gasteiger partial charge on any atom is 0.122 e. The van der Waals surface area contributed by atoms with E-state index in [4.69, 9.17) is 0 Å². The van der Waals surface area contributed by atoms with Crippen LogP contribution in [0.2, 0.25) is 0 Å². The third-order valence-corrected chi connectivity index (χ3v) is 4.79. The molecule has 0 spiro atoms. The molecule has 0 saturated heterocycles. The van der Waals surface area contributed by atoms with Gasteiger partial charge in [0.1, 0.15) is 5.82 Å². The van der Waals surface area contributed by atoms with Gasteiger partial charge >= 0.3 is 0 Å². The highest BCUT2D eigenvalue weighted by atomic mass is 79.9. The van der Waals surface area contributed by atoms with Gasteiger partial charge in [-0.15, -0.1) is 11.3 Å². The maximum absolute atomic E-state index is 4.37. The third-order valence-electron chi connectivity index (χ3n) is 2.88. The van der Waals surface area contributed by atoms with Crippen molar-refractivity contribution in [1.29, 1.82) is 0 Å². The molecule has 0 N–H and O–H groups in total. The zero-order valence-corrected chi connectivity index (χ0v) is 11.2. The number of nitrogens with zero attached hydrogens (tertiary/aromatic N) is 3. The second-order valence-electron chi connectivity index (χ2n) is 3.94. The second-order valence-corrected chi connectivity index (χ2v) is 5.79. The molecule has 1 aliphatic rings. The average Bonchev–Trinajstić information content (AvgIpc) is 2.88. The summed E-state index contributed by atoms with van der Waals surface area (Å²) in [4.78, 5) is 8.22. The molecule has 16 heavy (non-hydrogen) atoms. The highest BCUT2D eigenvalue weighted by Gasteiger charge is 2.17. The minimum Gasteiger partial charge on any atom is -0.333 e. The Bertz CT molecular complexity index is 491. The van der Waals surface area contributed by atoms with Gasteiger partial charge in [-0.25, -0.2) is 4.98 Å². The van der Waals surface area contributed by atoms with E-state index in [2.05, 4.69) is 48.0 Å². The van der Waals surface area contributed by atoms with Crippen molar-refractivity contribution in [3.63, 3.8) is 0 Å². The topological polar surface area (TPSA) is 21.1 Å². The number of halogens is 1. The van der Waals surface area contributed by atoms with Crippen LogP contribution >= 0.6 is 27.3 Å². The Balaban J connectivity index is 1.73. The molecule has 0 fully saturated rings. The van der Waals surface area contributed by atoms with Crippen molar-refractivity contribution < 1.29 is 0 Å². The molecule has 0 radical (unpaired) electrons. The molecule has 0 unspecified atom stereocenters. The van der Waals surface area contributed by atoms with E-state index >= 15 is 0 Å². The van der Waals surface area contributed by atoms with Crippen LogP contribution in [0.1, 0.15) is 10.7 Å². The Labute approximate surface area is 107 Å². The van der Waals surface area contributed by atoms with Crippen molar-refractivity contribution >= 4 is 27.3 Å². The van der Waals surface area contributed by atoms with E-state index in [1.807, 2.05) is 17.5 Å². The van der Waals surface area contributed by atoms with Gasteiger partial charge in [0.2, 0.25) is 0 Å². The number of hydrogen-bond donors (Lipinski definition) is 0. The van der Waals surface area contributed by atoms with E-state index in [1.54, 1.807) is 0 Å². The molecule has 0 amide bonds. The largest absolute Gasteiger partial charge is 0.333 e. The van der Waals surface area contributed by atoms with Crippen molar-refractivity contribution in [2.75, 3.05) is 6.54 Å². The van der Waals surface area contributed by atoms with Crippen LogP contribution in [0.5, 0.6) is 0 Å². The van der Waals surface area contributed by atoms with Crippen LogP contribution in [0.3, 0.4) is 0 Å². The maximum atomic E-state index is 4.37. The van der Waals surface area contributed by atoms with Gasteiger partial charge in [0.05, 0.1) is 6.54 Å². The molecule has 1 aliphatic heterocycles. The third kappa shape index (κ3) is 1.95. The SMILES string of the molecule is Brc1ccsc1CN1CCn2ccnc2C1. The summed E-state index contributed by atoms with van der Waals surface area (Å²) in [6.07, 6.45) is 3.95. The van der Waals surface area contributed by atoms with Gasteiger partial charge in [0.25, 0.3) is 0 Å². The van der Waals surface area contributed by atoms with E-state index < -0.39 is 0 Å². The number of fused-ring (bicyclic) bond motifs is 1. The molecule has 3 rings (SSSR count). The number of rotatable bonds is 2.